The number of esters is 1. The summed E-state index contributed by atoms with van der Waals surface area (Å²) in [5.41, 5.74) is 3.54. The number of aromatic nitrogens is 1. The molecule has 0 saturated heterocycles. The Bertz CT molecular complexity index is 2130. The van der Waals surface area contributed by atoms with Crippen LogP contribution in [0.15, 0.2) is 112 Å². The van der Waals surface area contributed by atoms with Crippen LogP contribution in [0.3, 0.4) is 0 Å². The number of nitrogens with zero attached hydrogens (tertiary/aromatic N) is 2. The molecule has 7 nitrogen and oxygen atoms in total. The van der Waals surface area contributed by atoms with E-state index in [0.29, 0.717) is 42.1 Å². The maximum atomic E-state index is 14.1. The third kappa shape index (κ3) is 6.37. The second-order valence-corrected chi connectivity index (χ2v) is 12.1. The van der Waals surface area contributed by atoms with Gasteiger partial charge in [0.1, 0.15) is 6.61 Å². The molecular formula is C36H28Cl2N2O5S. The third-order valence-corrected chi connectivity index (χ3v) is 8.94. The molecule has 0 unspecified atom stereocenters. The molecule has 0 radical (unpaired) electrons. The Morgan fingerprint density at radius 2 is 1.70 bits per heavy atom. The monoisotopic (exact) mass is 670 g/mol. The van der Waals surface area contributed by atoms with Gasteiger partial charge in [-0.25, -0.2) is 9.79 Å². The molecule has 0 fully saturated rings. The van der Waals surface area contributed by atoms with Crippen molar-refractivity contribution in [1.29, 1.82) is 0 Å². The highest BCUT2D eigenvalue weighted by Gasteiger charge is 2.35. The molecule has 5 aromatic rings. The lowest BCUT2D eigenvalue weighted by Gasteiger charge is -2.25. The Labute approximate surface area is 279 Å². The van der Waals surface area contributed by atoms with Crippen LogP contribution >= 0.6 is 34.5 Å². The van der Waals surface area contributed by atoms with E-state index in [2.05, 4.69) is 0 Å². The first-order chi connectivity index (χ1) is 22.4. The fourth-order valence-electron chi connectivity index (χ4n) is 5.23. The molecule has 0 saturated carbocycles. The molecule has 0 N–H and O–H groups in total. The van der Waals surface area contributed by atoms with Crippen LogP contribution in [0.5, 0.6) is 11.5 Å². The zero-order valence-corrected chi connectivity index (χ0v) is 27.2. The van der Waals surface area contributed by atoms with Crippen molar-refractivity contribution < 1.29 is 19.0 Å². The number of rotatable bonds is 9. The quantitative estimate of drug-likeness (QED) is 0.161. The lowest BCUT2D eigenvalue weighted by molar-refractivity contribution is -0.138. The number of carbonyl (C=O) groups is 1. The maximum Gasteiger partial charge on any atom is 0.338 e. The van der Waals surface area contributed by atoms with Crippen LogP contribution in [0.1, 0.15) is 35.2 Å². The Kier molecular flexibility index (Phi) is 9.40. The van der Waals surface area contributed by atoms with Crippen LogP contribution in [-0.4, -0.2) is 24.3 Å². The van der Waals surface area contributed by atoms with E-state index in [4.69, 9.17) is 42.4 Å². The number of hydrogen-bond donors (Lipinski definition) is 0. The van der Waals surface area contributed by atoms with E-state index in [0.717, 1.165) is 22.3 Å². The number of hydrogen-bond acceptors (Lipinski definition) is 7. The molecule has 232 valence electrons. The molecule has 6 rings (SSSR count). The summed E-state index contributed by atoms with van der Waals surface area (Å²) < 4.78 is 19.2. The molecule has 1 aliphatic rings. The van der Waals surface area contributed by atoms with Gasteiger partial charge in [0, 0.05) is 21.2 Å². The number of methoxy groups -OCH3 is 1. The van der Waals surface area contributed by atoms with Crippen molar-refractivity contribution in [1.82, 2.24) is 4.57 Å². The number of halogens is 2. The van der Waals surface area contributed by atoms with Crippen molar-refractivity contribution in [3.63, 3.8) is 0 Å². The molecule has 0 bridgehead atoms. The van der Waals surface area contributed by atoms with Crippen LogP contribution in [0.2, 0.25) is 10.0 Å². The summed E-state index contributed by atoms with van der Waals surface area (Å²) in [6, 6.07) is 28.8. The maximum absolute atomic E-state index is 14.1. The van der Waals surface area contributed by atoms with E-state index in [1.165, 1.54) is 11.3 Å². The minimum absolute atomic E-state index is 0.185. The molecule has 4 aromatic carbocycles. The highest BCUT2D eigenvalue weighted by atomic mass is 35.5. The molecule has 2 heterocycles. The number of ether oxygens (including phenoxy) is 3. The van der Waals surface area contributed by atoms with Gasteiger partial charge in [-0.05, 0) is 48.4 Å². The van der Waals surface area contributed by atoms with Crippen molar-refractivity contribution in [2.75, 3.05) is 13.7 Å². The second kappa shape index (κ2) is 13.8. The van der Waals surface area contributed by atoms with Gasteiger partial charge in [0.05, 0.1) is 35.6 Å². The van der Waals surface area contributed by atoms with Crippen LogP contribution in [0, 0.1) is 0 Å². The van der Waals surface area contributed by atoms with Crippen molar-refractivity contribution in [3.8, 4) is 11.5 Å². The fourth-order valence-corrected chi connectivity index (χ4v) is 6.69. The van der Waals surface area contributed by atoms with Gasteiger partial charge in [-0.3, -0.25) is 9.36 Å². The molecular weight excluding hydrogens is 643 g/mol. The summed E-state index contributed by atoms with van der Waals surface area (Å²) in [5.74, 6) is 0.487. The van der Waals surface area contributed by atoms with Gasteiger partial charge in [0.15, 0.2) is 16.3 Å². The largest absolute Gasteiger partial charge is 0.493 e. The Balaban J connectivity index is 1.45. The number of thiazole rings is 1. The number of benzene rings is 4. The van der Waals surface area contributed by atoms with Gasteiger partial charge in [0.25, 0.3) is 5.56 Å². The SMILES string of the molecule is CCOC(=O)C1=C(c2ccccc2)N=c2s/c(=C\c3ccc(OCc4ccc(Cl)cc4Cl)c(OC)c3)c(=O)n2[C@@H]1c1ccccc1. The van der Waals surface area contributed by atoms with Crippen LogP contribution in [-0.2, 0) is 16.1 Å². The molecule has 1 atom stereocenters. The van der Waals surface area contributed by atoms with Crippen LogP contribution in [0.25, 0.3) is 11.8 Å². The summed E-state index contributed by atoms with van der Waals surface area (Å²) in [4.78, 5) is 33.1. The molecule has 10 heteroatoms. The van der Waals surface area contributed by atoms with Gasteiger partial charge in [-0.2, -0.15) is 0 Å². The first-order valence-corrected chi connectivity index (χ1v) is 16.0. The van der Waals surface area contributed by atoms with Gasteiger partial charge in [-0.1, -0.05) is 107 Å². The van der Waals surface area contributed by atoms with Crippen molar-refractivity contribution in [2.24, 2.45) is 4.99 Å². The van der Waals surface area contributed by atoms with Crippen molar-refractivity contribution in [3.05, 3.63) is 155 Å². The normalized spacial score (nSPS) is 14.4. The predicted molar refractivity (Wildman–Crippen MR) is 181 cm³/mol. The molecule has 0 amide bonds. The van der Waals surface area contributed by atoms with Crippen molar-refractivity contribution >= 4 is 52.3 Å². The Morgan fingerprint density at radius 3 is 2.39 bits per heavy atom. The Morgan fingerprint density at radius 1 is 0.957 bits per heavy atom. The standard InChI is InChI=1S/C36H28Cl2N2O5S/c1-3-44-35(42)31-32(23-10-6-4-7-11-23)39-36-40(33(31)24-12-8-5-9-13-24)34(41)30(46-36)19-22-14-17-28(29(18-22)43-2)45-21-25-15-16-26(37)20-27(25)38/h4-20,33H,3,21H2,1-2H3/b30-19-/t33-/m1/s1. The van der Waals surface area contributed by atoms with E-state index in [1.807, 2.05) is 72.8 Å². The first-order valence-electron chi connectivity index (χ1n) is 14.5. The molecule has 0 spiro atoms. The van der Waals surface area contributed by atoms with Crippen molar-refractivity contribution in [2.45, 2.75) is 19.6 Å². The third-order valence-electron chi connectivity index (χ3n) is 7.37. The van der Waals surface area contributed by atoms with E-state index in [-0.39, 0.29) is 18.8 Å². The van der Waals surface area contributed by atoms with E-state index in [1.54, 1.807) is 48.9 Å². The van der Waals surface area contributed by atoms with Gasteiger partial charge < -0.3 is 14.2 Å². The average molecular weight is 672 g/mol. The zero-order valence-electron chi connectivity index (χ0n) is 24.9. The highest BCUT2D eigenvalue weighted by molar-refractivity contribution is 7.07. The summed E-state index contributed by atoms with van der Waals surface area (Å²) in [7, 11) is 1.55. The van der Waals surface area contributed by atoms with E-state index in [9.17, 15) is 9.59 Å². The van der Waals surface area contributed by atoms with Gasteiger partial charge in [-0.15, -0.1) is 0 Å². The average Bonchev–Trinajstić information content (AvgIpc) is 3.38. The number of carbonyl (C=O) groups excluding carboxylic acids is 1. The van der Waals surface area contributed by atoms with Crippen LogP contribution < -0.4 is 24.4 Å². The lowest BCUT2D eigenvalue weighted by Crippen LogP contribution is -2.39. The summed E-state index contributed by atoms with van der Waals surface area (Å²) in [6.07, 6.45) is 1.78. The van der Waals surface area contributed by atoms with Crippen LogP contribution in [0.4, 0.5) is 0 Å². The minimum atomic E-state index is -0.737. The van der Waals surface area contributed by atoms with Gasteiger partial charge >= 0.3 is 5.97 Å². The number of fused-ring (bicyclic) bond motifs is 1. The lowest BCUT2D eigenvalue weighted by atomic mass is 9.93. The Hall–Kier alpha value is -4.63. The van der Waals surface area contributed by atoms with Gasteiger partial charge in [0.2, 0.25) is 0 Å². The zero-order chi connectivity index (χ0) is 32.2. The smallest absolute Gasteiger partial charge is 0.338 e. The fraction of sp³-hybridized carbons (Fsp3) is 0.139. The van der Waals surface area contributed by atoms with E-state index < -0.39 is 12.0 Å². The summed E-state index contributed by atoms with van der Waals surface area (Å²) in [6.45, 7) is 2.16. The molecule has 1 aliphatic heterocycles. The predicted octanol–water partition coefficient (Wildman–Crippen LogP) is 6.83. The summed E-state index contributed by atoms with van der Waals surface area (Å²) >= 11 is 13.6. The topological polar surface area (TPSA) is 79.1 Å². The second-order valence-electron chi connectivity index (χ2n) is 10.3. The highest BCUT2D eigenvalue weighted by Crippen LogP contribution is 2.35. The molecule has 0 aliphatic carbocycles. The molecule has 46 heavy (non-hydrogen) atoms. The molecule has 1 aromatic heterocycles. The first kappa shape index (κ1) is 31.4. The van der Waals surface area contributed by atoms with E-state index >= 15 is 0 Å². The minimum Gasteiger partial charge on any atom is -0.493 e. The summed E-state index contributed by atoms with van der Waals surface area (Å²) in [5, 5.41) is 1.05.